The van der Waals surface area contributed by atoms with Gasteiger partial charge in [-0.25, -0.2) is 4.98 Å². The zero-order valence-corrected chi connectivity index (χ0v) is 18.3. The van der Waals surface area contributed by atoms with Crippen LogP contribution in [0.3, 0.4) is 0 Å². The molecule has 0 fully saturated rings. The topological polar surface area (TPSA) is 42.0 Å². The first-order chi connectivity index (χ1) is 14.7. The van der Waals surface area contributed by atoms with Crippen molar-refractivity contribution in [3.63, 3.8) is 0 Å². The fourth-order valence-electron chi connectivity index (χ4n) is 3.19. The average molecular weight is 431 g/mol. The molecule has 1 N–H and O–H groups in total. The lowest BCUT2D eigenvalue weighted by molar-refractivity contribution is 0.102. The minimum Gasteiger partial charge on any atom is -0.298 e. The molecule has 150 valence electrons. The van der Waals surface area contributed by atoms with Gasteiger partial charge in [0, 0.05) is 15.8 Å². The Morgan fingerprint density at radius 3 is 2.40 bits per heavy atom. The van der Waals surface area contributed by atoms with Crippen LogP contribution in [0.25, 0.3) is 11.3 Å². The van der Waals surface area contributed by atoms with Crippen molar-refractivity contribution in [3.05, 3.63) is 101 Å². The van der Waals surface area contributed by atoms with Crippen molar-refractivity contribution in [1.29, 1.82) is 0 Å². The van der Waals surface area contributed by atoms with Crippen molar-refractivity contribution in [2.75, 3.05) is 11.1 Å². The third-order valence-corrected chi connectivity index (χ3v) is 6.37. The van der Waals surface area contributed by atoms with Crippen LogP contribution in [-0.4, -0.2) is 16.6 Å². The summed E-state index contributed by atoms with van der Waals surface area (Å²) in [5, 5.41) is 5.54. The number of nitrogens with one attached hydrogen (secondary N) is 1. The molecule has 1 amide bonds. The van der Waals surface area contributed by atoms with Crippen molar-refractivity contribution >= 4 is 34.1 Å². The van der Waals surface area contributed by atoms with Gasteiger partial charge in [0.2, 0.25) is 0 Å². The molecule has 0 aliphatic carbocycles. The summed E-state index contributed by atoms with van der Waals surface area (Å²) >= 11 is 3.11. The Balaban J connectivity index is 1.44. The molecule has 0 spiro atoms. The van der Waals surface area contributed by atoms with E-state index >= 15 is 0 Å². The van der Waals surface area contributed by atoms with Crippen molar-refractivity contribution in [2.24, 2.45) is 0 Å². The minimum atomic E-state index is -0.120. The van der Waals surface area contributed by atoms with Crippen LogP contribution in [0.4, 0.5) is 5.13 Å². The molecule has 5 heteroatoms. The van der Waals surface area contributed by atoms with Gasteiger partial charge < -0.3 is 0 Å². The Kier molecular flexibility index (Phi) is 6.62. The Labute approximate surface area is 185 Å². The van der Waals surface area contributed by atoms with Gasteiger partial charge in [0.1, 0.15) is 0 Å². The van der Waals surface area contributed by atoms with Gasteiger partial charge >= 0.3 is 0 Å². The van der Waals surface area contributed by atoms with Crippen molar-refractivity contribution in [2.45, 2.75) is 18.2 Å². The first-order valence-corrected chi connectivity index (χ1v) is 11.7. The number of thioether (sulfide) groups is 1. The molecule has 0 saturated carbocycles. The summed E-state index contributed by atoms with van der Waals surface area (Å²) in [4.78, 5) is 18.3. The maximum Gasteiger partial charge on any atom is 0.258 e. The number of carbonyl (C=O) groups is 1. The molecule has 3 aromatic carbocycles. The molecule has 0 atom stereocenters. The standard InChI is InChI=1S/C25H22N2OS2/c1-2-29-23-11-7-6-10-21(23)24(28)27-25-26-22(17-30-25)20-14-12-19(13-15-20)16-18-8-4-3-5-9-18/h3-15,17H,2,16H2,1H3,(H,26,27,28). The van der Waals surface area contributed by atoms with Gasteiger partial charge in [0.05, 0.1) is 11.3 Å². The molecule has 0 aliphatic rings. The van der Waals surface area contributed by atoms with Crippen LogP contribution in [0.15, 0.2) is 89.1 Å². The maximum atomic E-state index is 12.7. The lowest BCUT2D eigenvalue weighted by Gasteiger charge is -2.07. The van der Waals surface area contributed by atoms with Gasteiger partial charge in [-0.2, -0.15) is 0 Å². The number of hydrogen-bond donors (Lipinski definition) is 1. The SMILES string of the molecule is CCSc1ccccc1C(=O)Nc1nc(-c2ccc(Cc3ccccc3)cc2)cs1. The number of thiazole rings is 1. The number of benzene rings is 3. The van der Waals surface area contributed by atoms with Crippen molar-refractivity contribution in [1.82, 2.24) is 4.98 Å². The van der Waals surface area contributed by atoms with E-state index in [1.54, 1.807) is 11.8 Å². The lowest BCUT2D eigenvalue weighted by atomic mass is 10.0. The summed E-state index contributed by atoms with van der Waals surface area (Å²) in [6.45, 7) is 2.08. The van der Waals surface area contributed by atoms with Gasteiger partial charge in [0.15, 0.2) is 5.13 Å². The second-order valence-corrected chi connectivity index (χ2v) is 8.94. The van der Waals surface area contributed by atoms with E-state index in [4.69, 9.17) is 0 Å². The van der Waals surface area contributed by atoms with Crippen molar-refractivity contribution < 1.29 is 4.79 Å². The lowest BCUT2D eigenvalue weighted by Crippen LogP contribution is -2.12. The summed E-state index contributed by atoms with van der Waals surface area (Å²) in [5.41, 5.74) is 5.17. The van der Waals surface area contributed by atoms with Crippen LogP contribution < -0.4 is 5.32 Å². The van der Waals surface area contributed by atoms with E-state index in [2.05, 4.69) is 65.8 Å². The zero-order chi connectivity index (χ0) is 20.8. The second kappa shape index (κ2) is 9.74. The van der Waals surface area contributed by atoms with Crippen LogP contribution in [0.5, 0.6) is 0 Å². The van der Waals surface area contributed by atoms with Crippen molar-refractivity contribution in [3.8, 4) is 11.3 Å². The highest BCUT2D eigenvalue weighted by Gasteiger charge is 2.13. The molecular formula is C25H22N2OS2. The number of hydrogen-bond acceptors (Lipinski definition) is 4. The normalized spacial score (nSPS) is 10.7. The maximum absolute atomic E-state index is 12.7. The van der Waals surface area contributed by atoms with Crippen LogP contribution >= 0.6 is 23.1 Å². The highest BCUT2D eigenvalue weighted by Crippen LogP contribution is 2.27. The Morgan fingerprint density at radius 1 is 0.933 bits per heavy atom. The molecule has 0 saturated heterocycles. The molecule has 1 aromatic heterocycles. The molecular weight excluding hydrogens is 408 g/mol. The van der Waals surface area contributed by atoms with Crippen LogP contribution in [0.1, 0.15) is 28.4 Å². The largest absolute Gasteiger partial charge is 0.298 e. The highest BCUT2D eigenvalue weighted by atomic mass is 32.2. The predicted octanol–water partition coefficient (Wildman–Crippen LogP) is 6.77. The molecule has 30 heavy (non-hydrogen) atoms. The summed E-state index contributed by atoms with van der Waals surface area (Å²) in [6, 6.07) is 26.6. The third-order valence-electron chi connectivity index (χ3n) is 4.66. The van der Waals surface area contributed by atoms with Gasteiger partial charge in [-0.15, -0.1) is 23.1 Å². The van der Waals surface area contributed by atoms with E-state index < -0.39 is 0 Å². The molecule has 0 bridgehead atoms. The number of amides is 1. The zero-order valence-electron chi connectivity index (χ0n) is 16.7. The predicted molar refractivity (Wildman–Crippen MR) is 128 cm³/mol. The third kappa shape index (κ3) is 4.99. The minimum absolute atomic E-state index is 0.120. The van der Waals surface area contributed by atoms with E-state index in [0.29, 0.717) is 10.7 Å². The molecule has 0 aliphatic heterocycles. The molecule has 4 rings (SSSR count). The van der Waals surface area contributed by atoms with Crippen LogP contribution in [-0.2, 0) is 6.42 Å². The first kappa shape index (κ1) is 20.4. The number of nitrogens with zero attached hydrogens (tertiary/aromatic N) is 1. The average Bonchev–Trinajstić information content (AvgIpc) is 3.24. The fraction of sp³-hybridized carbons (Fsp3) is 0.120. The van der Waals surface area contributed by atoms with E-state index in [1.165, 1.54) is 22.5 Å². The Bertz CT molecular complexity index is 1120. The molecule has 3 nitrogen and oxygen atoms in total. The number of anilines is 1. The smallest absolute Gasteiger partial charge is 0.258 e. The van der Waals surface area contributed by atoms with E-state index in [0.717, 1.165) is 28.3 Å². The fourth-order valence-corrected chi connectivity index (χ4v) is 4.71. The number of rotatable bonds is 7. The first-order valence-electron chi connectivity index (χ1n) is 9.85. The number of carbonyl (C=O) groups excluding carboxylic acids is 1. The molecule has 0 radical (unpaired) electrons. The highest BCUT2D eigenvalue weighted by molar-refractivity contribution is 7.99. The number of aromatic nitrogens is 1. The Morgan fingerprint density at radius 2 is 1.63 bits per heavy atom. The molecule has 0 unspecified atom stereocenters. The monoisotopic (exact) mass is 430 g/mol. The van der Waals surface area contributed by atoms with E-state index in [9.17, 15) is 4.79 Å². The van der Waals surface area contributed by atoms with E-state index in [-0.39, 0.29) is 5.91 Å². The molecule has 1 heterocycles. The molecule has 4 aromatic rings. The van der Waals surface area contributed by atoms with Crippen LogP contribution in [0.2, 0.25) is 0 Å². The summed E-state index contributed by atoms with van der Waals surface area (Å²) < 4.78 is 0. The van der Waals surface area contributed by atoms with Gasteiger partial charge in [0.25, 0.3) is 5.91 Å². The van der Waals surface area contributed by atoms with Gasteiger partial charge in [-0.05, 0) is 35.4 Å². The van der Waals surface area contributed by atoms with Gasteiger partial charge in [-0.1, -0.05) is 73.7 Å². The second-order valence-electron chi connectivity index (χ2n) is 6.78. The van der Waals surface area contributed by atoms with Gasteiger partial charge in [-0.3, -0.25) is 10.1 Å². The Hall–Kier alpha value is -2.89. The summed E-state index contributed by atoms with van der Waals surface area (Å²) in [6.07, 6.45) is 0.911. The van der Waals surface area contributed by atoms with Crippen LogP contribution in [0, 0.1) is 0 Å². The summed E-state index contributed by atoms with van der Waals surface area (Å²) in [7, 11) is 0. The quantitative estimate of drug-likeness (QED) is 0.329. The summed E-state index contributed by atoms with van der Waals surface area (Å²) in [5.74, 6) is 0.803. The van der Waals surface area contributed by atoms with E-state index in [1.807, 2.05) is 35.7 Å².